The summed E-state index contributed by atoms with van der Waals surface area (Å²) in [6, 6.07) is 17.9. The second-order valence-corrected chi connectivity index (χ2v) is 10.2. The highest BCUT2D eigenvalue weighted by molar-refractivity contribution is 7.92. The number of nitrogens with one attached hydrogen (secondary N) is 1. The lowest BCUT2D eigenvalue weighted by Crippen LogP contribution is -2.13. The summed E-state index contributed by atoms with van der Waals surface area (Å²) in [5, 5.41) is 2.20. The van der Waals surface area contributed by atoms with Crippen molar-refractivity contribution in [2.24, 2.45) is 5.92 Å². The van der Waals surface area contributed by atoms with Gasteiger partial charge in [-0.05, 0) is 65.6 Å². The van der Waals surface area contributed by atoms with Gasteiger partial charge in [-0.1, -0.05) is 36.4 Å². The first-order valence-electron chi connectivity index (χ1n) is 10.8. The van der Waals surface area contributed by atoms with Crippen LogP contribution in [0.3, 0.4) is 0 Å². The average Bonchev–Trinajstić information content (AvgIpc) is 3.61. The van der Waals surface area contributed by atoms with E-state index in [4.69, 9.17) is 0 Å². The molecule has 1 saturated carbocycles. The second-order valence-electron chi connectivity index (χ2n) is 8.49. The Morgan fingerprint density at radius 3 is 2.64 bits per heavy atom. The van der Waals surface area contributed by atoms with Gasteiger partial charge in [0.1, 0.15) is 11.6 Å². The third-order valence-corrected chi connectivity index (χ3v) is 7.50. The minimum absolute atomic E-state index is 0.0201. The number of sulfonamides is 1. The Labute approximate surface area is 192 Å². The van der Waals surface area contributed by atoms with Crippen LogP contribution in [0.2, 0.25) is 0 Å². The molecule has 5 rings (SSSR count). The van der Waals surface area contributed by atoms with Gasteiger partial charge < -0.3 is 0 Å². The zero-order valence-corrected chi connectivity index (χ0v) is 18.9. The largest absolute Gasteiger partial charge is 0.299 e. The number of pyridine rings is 2. The number of aryl methyl sites for hydroxylation is 1. The van der Waals surface area contributed by atoms with E-state index in [2.05, 4.69) is 20.8 Å². The molecular weight excluding hydrogens is 434 g/mol. The summed E-state index contributed by atoms with van der Waals surface area (Å²) in [5.41, 5.74) is 3.10. The van der Waals surface area contributed by atoms with E-state index >= 15 is 0 Å². The van der Waals surface area contributed by atoms with Crippen molar-refractivity contribution in [3.8, 4) is 0 Å². The number of carbonyl (C=O) groups is 1. The molecule has 4 aromatic rings. The number of fused-ring (bicyclic) bond motifs is 1. The Balaban J connectivity index is 1.25. The zero-order valence-electron chi connectivity index (χ0n) is 18.1. The zero-order chi connectivity index (χ0) is 23.0. The summed E-state index contributed by atoms with van der Waals surface area (Å²) < 4.78 is 27.6. The van der Waals surface area contributed by atoms with E-state index < -0.39 is 10.0 Å². The standard InChI is InChI=1S/C26H23N3O3S/c1-17-15-27-16-20-6-5-18(12-22(17)20)13-25(30)24-14-23(24)19-7-9-21(10-8-19)33(31,32)29-26-4-2-3-11-28-26/h2-12,15-16,23-24H,13-14H2,1H3,(H,28,29)/t23-,24+/m0/s1. The monoisotopic (exact) mass is 457 g/mol. The number of rotatable bonds is 7. The highest BCUT2D eigenvalue weighted by atomic mass is 32.2. The lowest BCUT2D eigenvalue weighted by atomic mass is 9.99. The maximum atomic E-state index is 12.9. The van der Waals surface area contributed by atoms with Gasteiger partial charge in [0.25, 0.3) is 10.0 Å². The van der Waals surface area contributed by atoms with Crippen molar-refractivity contribution < 1.29 is 13.2 Å². The lowest BCUT2D eigenvalue weighted by Gasteiger charge is -2.08. The van der Waals surface area contributed by atoms with Gasteiger partial charge in [-0.15, -0.1) is 0 Å². The number of Topliss-reactive ketones (excluding diaryl/α,β-unsaturated/α-hetero) is 1. The summed E-state index contributed by atoms with van der Waals surface area (Å²) in [7, 11) is -3.71. The summed E-state index contributed by atoms with van der Waals surface area (Å²) in [6.07, 6.45) is 6.40. The van der Waals surface area contributed by atoms with E-state index in [1.165, 1.54) is 6.20 Å². The molecule has 1 aliphatic rings. The van der Waals surface area contributed by atoms with Crippen LogP contribution in [-0.2, 0) is 21.2 Å². The van der Waals surface area contributed by atoms with Crippen LogP contribution >= 0.6 is 0 Å². The number of anilines is 1. The minimum Gasteiger partial charge on any atom is -0.299 e. The first-order valence-corrected chi connectivity index (χ1v) is 12.3. The van der Waals surface area contributed by atoms with E-state index in [1.54, 1.807) is 42.5 Å². The highest BCUT2D eigenvalue weighted by Gasteiger charge is 2.43. The topological polar surface area (TPSA) is 89.0 Å². The van der Waals surface area contributed by atoms with Crippen molar-refractivity contribution >= 4 is 32.4 Å². The van der Waals surface area contributed by atoms with Crippen molar-refractivity contribution in [2.75, 3.05) is 4.72 Å². The van der Waals surface area contributed by atoms with Gasteiger partial charge in [0.2, 0.25) is 0 Å². The van der Waals surface area contributed by atoms with Crippen LogP contribution < -0.4 is 4.72 Å². The van der Waals surface area contributed by atoms with Crippen molar-refractivity contribution in [3.05, 3.63) is 95.9 Å². The van der Waals surface area contributed by atoms with Gasteiger partial charge in [0.15, 0.2) is 0 Å². The fourth-order valence-corrected chi connectivity index (χ4v) is 5.24. The van der Waals surface area contributed by atoms with E-state index in [1.807, 2.05) is 31.5 Å². The molecule has 6 nitrogen and oxygen atoms in total. The number of benzene rings is 2. The molecule has 166 valence electrons. The van der Waals surface area contributed by atoms with Crippen molar-refractivity contribution in [1.29, 1.82) is 0 Å². The van der Waals surface area contributed by atoms with E-state index in [-0.39, 0.29) is 28.3 Å². The van der Waals surface area contributed by atoms with Crippen LogP contribution in [0, 0.1) is 12.8 Å². The van der Waals surface area contributed by atoms with Crippen molar-refractivity contribution in [1.82, 2.24) is 9.97 Å². The molecule has 0 radical (unpaired) electrons. The lowest BCUT2D eigenvalue weighted by molar-refractivity contribution is -0.119. The molecule has 0 aliphatic heterocycles. The van der Waals surface area contributed by atoms with E-state index in [0.717, 1.165) is 33.9 Å². The Kier molecular flexibility index (Phi) is 5.42. The van der Waals surface area contributed by atoms with Gasteiger partial charge in [0.05, 0.1) is 4.90 Å². The molecule has 0 bridgehead atoms. The quantitative estimate of drug-likeness (QED) is 0.436. The Morgan fingerprint density at radius 2 is 1.88 bits per heavy atom. The molecule has 0 saturated heterocycles. The number of hydrogen-bond donors (Lipinski definition) is 1. The molecule has 0 amide bonds. The fraction of sp³-hybridized carbons (Fsp3) is 0.192. The van der Waals surface area contributed by atoms with Gasteiger partial charge in [-0.2, -0.15) is 0 Å². The van der Waals surface area contributed by atoms with Crippen molar-refractivity contribution in [3.63, 3.8) is 0 Å². The summed E-state index contributed by atoms with van der Waals surface area (Å²) in [6.45, 7) is 2.02. The minimum atomic E-state index is -3.71. The van der Waals surface area contributed by atoms with Crippen LogP contribution in [0.5, 0.6) is 0 Å². The SMILES string of the molecule is Cc1cncc2ccc(CC(=O)[C@@H]3C[C@H]3c3ccc(S(=O)(=O)Nc4ccccn4)cc3)cc12. The molecule has 0 spiro atoms. The third-order valence-electron chi connectivity index (χ3n) is 6.13. The number of carbonyl (C=O) groups excluding carboxylic acids is 1. The van der Waals surface area contributed by atoms with Gasteiger partial charge >= 0.3 is 0 Å². The Morgan fingerprint density at radius 1 is 1.06 bits per heavy atom. The van der Waals surface area contributed by atoms with E-state index in [9.17, 15) is 13.2 Å². The molecule has 2 aromatic heterocycles. The van der Waals surface area contributed by atoms with Crippen LogP contribution in [-0.4, -0.2) is 24.2 Å². The first kappa shape index (κ1) is 21.3. The number of hydrogen-bond acceptors (Lipinski definition) is 5. The molecular formula is C26H23N3O3S. The van der Waals surface area contributed by atoms with Crippen LogP contribution in [0.25, 0.3) is 10.8 Å². The van der Waals surface area contributed by atoms with E-state index in [0.29, 0.717) is 6.42 Å². The highest BCUT2D eigenvalue weighted by Crippen LogP contribution is 2.48. The normalized spacial score (nSPS) is 17.6. The number of nitrogens with zero attached hydrogens (tertiary/aromatic N) is 2. The summed E-state index contributed by atoms with van der Waals surface area (Å²) >= 11 is 0. The summed E-state index contributed by atoms with van der Waals surface area (Å²) in [5.74, 6) is 0.617. The Bertz CT molecular complexity index is 1440. The molecule has 1 fully saturated rings. The number of ketones is 1. The number of aromatic nitrogens is 2. The maximum Gasteiger partial charge on any atom is 0.263 e. The second kappa shape index (κ2) is 8.41. The molecule has 1 aliphatic carbocycles. The van der Waals surface area contributed by atoms with Crippen LogP contribution in [0.1, 0.15) is 29.0 Å². The molecule has 1 N–H and O–H groups in total. The smallest absolute Gasteiger partial charge is 0.263 e. The van der Waals surface area contributed by atoms with Crippen LogP contribution in [0.4, 0.5) is 5.82 Å². The molecule has 2 aromatic carbocycles. The van der Waals surface area contributed by atoms with Gasteiger partial charge in [-0.25, -0.2) is 13.4 Å². The first-order chi connectivity index (χ1) is 15.9. The third kappa shape index (κ3) is 4.50. The molecule has 2 atom stereocenters. The molecule has 0 unspecified atom stereocenters. The molecule has 7 heteroatoms. The summed E-state index contributed by atoms with van der Waals surface area (Å²) in [4.78, 5) is 21.3. The predicted molar refractivity (Wildman–Crippen MR) is 128 cm³/mol. The fourth-order valence-electron chi connectivity index (χ4n) is 4.23. The average molecular weight is 458 g/mol. The van der Waals surface area contributed by atoms with Crippen molar-refractivity contribution in [2.45, 2.75) is 30.6 Å². The Hall–Kier alpha value is -3.58. The van der Waals surface area contributed by atoms with Gasteiger partial charge in [0, 0.05) is 36.3 Å². The van der Waals surface area contributed by atoms with Gasteiger partial charge in [-0.3, -0.25) is 14.5 Å². The van der Waals surface area contributed by atoms with Crippen LogP contribution in [0.15, 0.2) is 84.1 Å². The molecule has 33 heavy (non-hydrogen) atoms. The maximum absolute atomic E-state index is 12.9. The molecule has 2 heterocycles. The predicted octanol–water partition coefficient (Wildman–Crippen LogP) is 4.65.